The number of thiazole rings is 1. The van der Waals surface area contributed by atoms with Gasteiger partial charge in [-0.15, -0.1) is 11.3 Å². The minimum atomic E-state index is -4.37. The first-order valence-electron chi connectivity index (χ1n) is 9.16. The Labute approximate surface area is 183 Å². The van der Waals surface area contributed by atoms with Crippen molar-refractivity contribution in [1.82, 2.24) is 4.98 Å². The molecule has 9 heteroatoms. The van der Waals surface area contributed by atoms with Crippen LogP contribution in [0.25, 0.3) is 16.6 Å². The summed E-state index contributed by atoms with van der Waals surface area (Å²) in [7, 11) is 0.138. The molecule has 0 aliphatic carbocycles. The number of benzene rings is 2. The minimum absolute atomic E-state index is 0.0633. The third-order valence-corrected chi connectivity index (χ3v) is 6.89. The maximum atomic E-state index is 12.7. The zero-order valence-corrected chi connectivity index (χ0v) is 18.3. The van der Waals surface area contributed by atoms with Gasteiger partial charge in [0.15, 0.2) is 0 Å². The van der Waals surface area contributed by atoms with E-state index in [4.69, 9.17) is 9.84 Å². The van der Waals surface area contributed by atoms with Gasteiger partial charge in [-0.05, 0) is 42.1 Å². The number of carboxylic acids is 1. The number of carbonyl (C=O) groups is 1. The van der Waals surface area contributed by atoms with E-state index in [0.717, 1.165) is 33.6 Å². The Morgan fingerprint density at radius 3 is 2.58 bits per heavy atom. The average Bonchev–Trinajstić information content (AvgIpc) is 3.11. The van der Waals surface area contributed by atoms with Crippen LogP contribution in [0.2, 0.25) is 0 Å². The quantitative estimate of drug-likeness (QED) is 0.431. The first-order chi connectivity index (χ1) is 14.7. The molecule has 0 bridgehead atoms. The minimum Gasteiger partial charge on any atom is -0.488 e. The van der Waals surface area contributed by atoms with Gasteiger partial charge in [-0.1, -0.05) is 39.4 Å². The van der Waals surface area contributed by atoms with Crippen molar-refractivity contribution in [3.63, 3.8) is 0 Å². The summed E-state index contributed by atoms with van der Waals surface area (Å²) in [5.41, 5.74) is 1.50. The SMILES string of the molecule is C=Cc1cc(OCc2sc(-c3ccc(C(F)(F)F)cc3)nc2C)ccc1PCC(=O)O. The number of aromatic nitrogens is 1. The van der Waals surface area contributed by atoms with Gasteiger partial charge in [0.05, 0.1) is 22.3 Å². The van der Waals surface area contributed by atoms with Crippen molar-refractivity contribution in [2.45, 2.75) is 19.7 Å². The molecule has 1 unspecified atom stereocenters. The number of nitrogens with zero attached hydrogens (tertiary/aromatic N) is 1. The summed E-state index contributed by atoms with van der Waals surface area (Å²) >= 11 is 1.37. The third kappa shape index (κ3) is 5.93. The van der Waals surface area contributed by atoms with E-state index in [1.165, 1.54) is 23.5 Å². The number of aliphatic carboxylic acids is 1. The van der Waals surface area contributed by atoms with Gasteiger partial charge in [0.25, 0.3) is 0 Å². The molecule has 0 spiro atoms. The van der Waals surface area contributed by atoms with Crippen LogP contribution in [0.15, 0.2) is 49.0 Å². The number of ether oxygens (including phenoxy) is 1. The van der Waals surface area contributed by atoms with E-state index in [2.05, 4.69) is 11.6 Å². The second-order valence-electron chi connectivity index (χ2n) is 6.59. The van der Waals surface area contributed by atoms with Crippen molar-refractivity contribution < 1.29 is 27.8 Å². The van der Waals surface area contributed by atoms with E-state index in [-0.39, 0.29) is 21.3 Å². The van der Waals surface area contributed by atoms with Gasteiger partial charge in [0, 0.05) is 5.56 Å². The molecule has 1 N–H and O–H groups in total. The van der Waals surface area contributed by atoms with E-state index in [1.807, 2.05) is 19.1 Å². The highest BCUT2D eigenvalue weighted by Gasteiger charge is 2.30. The van der Waals surface area contributed by atoms with E-state index >= 15 is 0 Å². The molecule has 0 saturated carbocycles. The molecule has 4 nitrogen and oxygen atoms in total. The summed E-state index contributed by atoms with van der Waals surface area (Å²) in [4.78, 5) is 16.1. The van der Waals surface area contributed by atoms with Crippen LogP contribution in [0.1, 0.15) is 21.7 Å². The maximum absolute atomic E-state index is 12.7. The number of alkyl halides is 3. The fourth-order valence-electron chi connectivity index (χ4n) is 2.77. The number of carboxylic acid groups (broad SMARTS) is 1. The number of hydrogen-bond acceptors (Lipinski definition) is 4. The highest BCUT2D eigenvalue weighted by molar-refractivity contribution is 7.48. The summed E-state index contributed by atoms with van der Waals surface area (Å²) in [6.07, 6.45) is -2.64. The number of halogens is 3. The van der Waals surface area contributed by atoms with Crippen molar-refractivity contribution in [3.8, 4) is 16.3 Å². The second-order valence-corrected chi connectivity index (χ2v) is 8.92. The number of rotatable bonds is 8. The molecule has 1 heterocycles. The Balaban J connectivity index is 1.71. The summed E-state index contributed by atoms with van der Waals surface area (Å²) < 4.78 is 44.1. The van der Waals surface area contributed by atoms with Crippen LogP contribution in [0.4, 0.5) is 13.2 Å². The molecule has 31 heavy (non-hydrogen) atoms. The first-order valence-corrected chi connectivity index (χ1v) is 11.2. The van der Waals surface area contributed by atoms with Gasteiger partial charge in [0.2, 0.25) is 0 Å². The fraction of sp³-hybridized carbons (Fsp3) is 0.182. The molecule has 1 aromatic heterocycles. The summed E-state index contributed by atoms with van der Waals surface area (Å²) in [6, 6.07) is 10.4. The lowest BCUT2D eigenvalue weighted by molar-refractivity contribution is -0.137. The van der Waals surface area contributed by atoms with Gasteiger partial charge < -0.3 is 9.84 Å². The molecule has 2 aromatic carbocycles. The number of aryl methyl sites for hydroxylation is 1. The Bertz CT molecular complexity index is 1090. The van der Waals surface area contributed by atoms with Crippen LogP contribution >= 0.6 is 19.9 Å². The van der Waals surface area contributed by atoms with Gasteiger partial charge in [-0.2, -0.15) is 13.2 Å². The second kappa shape index (κ2) is 9.62. The third-order valence-electron chi connectivity index (χ3n) is 4.39. The molecule has 1 atom stereocenters. The lowest BCUT2D eigenvalue weighted by Crippen LogP contribution is -2.06. The molecule has 3 aromatic rings. The molecule has 0 fully saturated rings. The van der Waals surface area contributed by atoms with Crippen molar-refractivity contribution >= 4 is 37.3 Å². The van der Waals surface area contributed by atoms with Crippen molar-refractivity contribution in [3.05, 3.63) is 70.7 Å². The Morgan fingerprint density at radius 2 is 1.97 bits per heavy atom. The van der Waals surface area contributed by atoms with Crippen LogP contribution in [0.5, 0.6) is 5.75 Å². The molecular weight excluding hydrogens is 446 g/mol. The van der Waals surface area contributed by atoms with E-state index < -0.39 is 17.7 Å². The molecule has 0 aliphatic heterocycles. The molecular formula is C22H19F3NO3PS. The van der Waals surface area contributed by atoms with E-state index in [0.29, 0.717) is 16.3 Å². The molecule has 162 valence electrons. The monoisotopic (exact) mass is 465 g/mol. The van der Waals surface area contributed by atoms with Crippen molar-refractivity contribution in [2.24, 2.45) is 0 Å². The summed E-state index contributed by atoms with van der Waals surface area (Å²) in [5, 5.41) is 10.4. The molecule has 0 radical (unpaired) electrons. The molecule has 0 amide bonds. The smallest absolute Gasteiger partial charge is 0.416 e. The standard InChI is InChI=1S/C22H19F3NO3PS/c1-3-14-10-17(8-9-18(14)30-12-20(27)28)29-11-19-13(2)26-21(31-19)15-4-6-16(7-5-15)22(23,24)25/h3-10,30H,1,11-12H2,2H3,(H,27,28). The Kier molecular flexibility index (Phi) is 7.13. The largest absolute Gasteiger partial charge is 0.488 e. The highest BCUT2D eigenvalue weighted by atomic mass is 32.1. The Hall–Kier alpha value is -2.70. The molecule has 0 saturated heterocycles. The van der Waals surface area contributed by atoms with Gasteiger partial charge in [-0.25, -0.2) is 4.98 Å². The molecule has 0 aliphatic rings. The van der Waals surface area contributed by atoms with Crippen molar-refractivity contribution in [2.75, 3.05) is 6.16 Å². The van der Waals surface area contributed by atoms with Gasteiger partial charge >= 0.3 is 12.1 Å². The topological polar surface area (TPSA) is 59.4 Å². The van der Waals surface area contributed by atoms with Crippen LogP contribution < -0.4 is 10.0 Å². The normalized spacial score (nSPS) is 11.7. The summed E-state index contributed by atoms with van der Waals surface area (Å²) in [5.74, 6) is -0.235. The van der Waals surface area contributed by atoms with Crippen LogP contribution in [-0.4, -0.2) is 22.2 Å². The predicted molar refractivity (Wildman–Crippen MR) is 119 cm³/mol. The maximum Gasteiger partial charge on any atom is 0.416 e. The lowest BCUT2D eigenvalue weighted by atomic mass is 10.1. The van der Waals surface area contributed by atoms with Crippen LogP contribution in [0.3, 0.4) is 0 Å². The van der Waals surface area contributed by atoms with Crippen molar-refractivity contribution in [1.29, 1.82) is 0 Å². The Morgan fingerprint density at radius 1 is 1.26 bits per heavy atom. The highest BCUT2D eigenvalue weighted by Crippen LogP contribution is 2.33. The van der Waals surface area contributed by atoms with Gasteiger partial charge in [0.1, 0.15) is 17.4 Å². The molecule has 3 rings (SSSR count). The zero-order chi connectivity index (χ0) is 22.6. The fourth-order valence-corrected chi connectivity index (χ4v) is 4.67. The van der Waals surface area contributed by atoms with E-state index in [1.54, 1.807) is 12.1 Å². The summed E-state index contributed by atoms with van der Waals surface area (Å²) in [6.45, 7) is 5.86. The number of hydrogen-bond donors (Lipinski definition) is 1. The first kappa shape index (κ1) is 23.0. The average molecular weight is 465 g/mol. The van der Waals surface area contributed by atoms with Crippen LogP contribution in [0, 0.1) is 6.92 Å². The zero-order valence-electron chi connectivity index (χ0n) is 16.5. The predicted octanol–water partition coefficient (Wildman–Crippen LogP) is 5.75. The van der Waals surface area contributed by atoms with Gasteiger partial charge in [-0.3, -0.25) is 4.79 Å². The van der Waals surface area contributed by atoms with Crippen LogP contribution in [-0.2, 0) is 17.6 Å². The van der Waals surface area contributed by atoms with E-state index in [9.17, 15) is 18.0 Å². The lowest BCUT2D eigenvalue weighted by Gasteiger charge is -2.10.